The van der Waals surface area contributed by atoms with Gasteiger partial charge in [-0.25, -0.2) is 0 Å². The largest absolute Gasteiger partial charge is 0.508 e. The van der Waals surface area contributed by atoms with Gasteiger partial charge < -0.3 is 9.63 Å². The molecule has 0 saturated carbocycles. The second kappa shape index (κ2) is 6.08. The molecule has 0 bridgehead atoms. The maximum Gasteiger partial charge on any atom is 0.306 e. The van der Waals surface area contributed by atoms with E-state index in [0.29, 0.717) is 16.4 Å². The molecule has 0 saturated heterocycles. The fourth-order valence-electron chi connectivity index (χ4n) is 2.16. The van der Waals surface area contributed by atoms with E-state index in [2.05, 4.69) is 0 Å². The Morgan fingerprint density at radius 3 is 1.59 bits per heavy atom. The predicted octanol–water partition coefficient (Wildman–Crippen LogP) is 3.70. The lowest BCUT2D eigenvalue weighted by Gasteiger charge is -2.20. The van der Waals surface area contributed by atoms with Gasteiger partial charge in [0.2, 0.25) is 0 Å². The summed E-state index contributed by atoms with van der Waals surface area (Å²) in [7, 11) is -3.24. The van der Waals surface area contributed by atoms with Crippen LogP contribution in [0.1, 0.15) is 0 Å². The fraction of sp³-hybridized carbons (Fsp3) is 0. The second-order valence-electron chi connectivity index (χ2n) is 4.81. The van der Waals surface area contributed by atoms with Gasteiger partial charge in [0.25, 0.3) is 0 Å². The van der Waals surface area contributed by atoms with Crippen LogP contribution in [0.4, 0.5) is 0 Å². The quantitative estimate of drug-likeness (QED) is 0.747. The minimum Gasteiger partial charge on any atom is -0.508 e. The molecule has 0 aromatic heterocycles. The van der Waals surface area contributed by atoms with E-state index in [0.717, 1.165) is 0 Å². The first-order valence-corrected chi connectivity index (χ1v) is 8.51. The number of aromatic hydroxyl groups is 1. The summed E-state index contributed by atoms with van der Waals surface area (Å²) in [5.41, 5.74) is 0. The van der Waals surface area contributed by atoms with Crippen LogP contribution in [0.2, 0.25) is 0 Å². The zero-order chi connectivity index (χ0) is 15.4. The molecule has 0 aliphatic carbocycles. The highest BCUT2D eigenvalue weighted by Crippen LogP contribution is 2.45. The highest BCUT2D eigenvalue weighted by molar-refractivity contribution is 7.74. The zero-order valence-electron chi connectivity index (χ0n) is 11.8. The maximum absolute atomic E-state index is 13.6. The summed E-state index contributed by atoms with van der Waals surface area (Å²) in [4.78, 5) is 0. The molecule has 0 atom stereocenters. The fourth-order valence-corrected chi connectivity index (χ4v) is 4.22. The van der Waals surface area contributed by atoms with Crippen LogP contribution in [0.25, 0.3) is 0 Å². The third kappa shape index (κ3) is 2.90. The van der Waals surface area contributed by atoms with E-state index in [9.17, 15) is 9.67 Å². The minimum absolute atomic E-state index is 0.140. The third-order valence-electron chi connectivity index (χ3n) is 3.26. The molecule has 22 heavy (non-hydrogen) atoms. The van der Waals surface area contributed by atoms with Gasteiger partial charge in [-0.05, 0) is 48.5 Å². The minimum atomic E-state index is -3.24. The average Bonchev–Trinajstić information content (AvgIpc) is 2.58. The van der Waals surface area contributed by atoms with Crippen LogP contribution in [-0.4, -0.2) is 5.11 Å². The van der Waals surface area contributed by atoms with Gasteiger partial charge in [0, 0.05) is 0 Å². The van der Waals surface area contributed by atoms with Gasteiger partial charge in [0.15, 0.2) is 0 Å². The molecule has 3 aromatic carbocycles. The Morgan fingerprint density at radius 2 is 1.14 bits per heavy atom. The van der Waals surface area contributed by atoms with Crippen LogP contribution in [-0.2, 0) is 4.57 Å². The van der Waals surface area contributed by atoms with E-state index in [-0.39, 0.29) is 5.75 Å². The standard InChI is InChI=1S/C18H15O3P/c19-15-11-13-16(14-12-15)21-22(20,17-7-3-1-4-8-17)18-9-5-2-6-10-18/h1-14,19H. The smallest absolute Gasteiger partial charge is 0.306 e. The molecule has 0 unspecified atom stereocenters. The van der Waals surface area contributed by atoms with Gasteiger partial charge in [-0.3, -0.25) is 4.57 Å². The predicted molar refractivity (Wildman–Crippen MR) is 88.5 cm³/mol. The van der Waals surface area contributed by atoms with E-state index < -0.39 is 7.37 Å². The third-order valence-corrected chi connectivity index (χ3v) is 5.69. The van der Waals surface area contributed by atoms with Gasteiger partial charge in [-0.1, -0.05) is 36.4 Å². The van der Waals surface area contributed by atoms with E-state index in [4.69, 9.17) is 4.52 Å². The highest BCUT2D eigenvalue weighted by atomic mass is 31.2. The van der Waals surface area contributed by atoms with Crippen molar-refractivity contribution < 1.29 is 14.2 Å². The van der Waals surface area contributed by atoms with Crippen molar-refractivity contribution in [2.45, 2.75) is 0 Å². The molecule has 3 nitrogen and oxygen atoms in total. The zero-order valence-corrected chi connectivity index (χ0v) is 12.7. The lowest BCUT2D eigenvalue weighted by molar-refractivity contribution is 0.471. The molecule has 0 aliphatic heterocycles. The van der Waals surface area contributed by atoms with Crippen molar-refractivity contribution in [3.8, 4) is 11.5 Å². The Kier molecular flexibility index (Phi) is 3.99. The van der Waals surface area contributed by atoms with Gasteiger partial charge in [0.1, 0.15) is 11.5 Å². The van der Waals surface area contributed by atoms with E-state index in [1.165, 1.54) is 12.1 Å². The SMILES string of the molecule is O=P(Oc1ccc(O)cc1)(c1ccccc1)c1ccccc1. The number of phenolic OH excluding ortho intramolecular Hbond substituents is 1. The molecular formula is C18H15O3P. The van der Waals surface area contributed by atoms with E-state index in [1.54, 1.807) is 36.4 Å². The van der Waals surface area contributed by atoms with Crippen LogP contribution >= 0.6 is 7.37 Å². The van der Waals surface area contributed by atoms with E-state index in [1.807, 2.05) is 36.4 Å². The average molecular weight is 310 g/mol. The van der Waals surface area contributed by atoms with Crippen LogP contribution in [0.3, 0.4) is 0 Å². The lowest BCUT2D eigenvalue weighted by Crippen LogP contribution is -2.19. The summed E-state index contributed by atoms with van der Waals surface area (Å²) in [6, 6.07) is 24.5. The first kappa shape index (κ1) is 14.4. The van der Waals surface area contributed by atoms with Gasteiger partial charge >= 0.3 is 7.37 Å². The first-order chi connectivity index (χ1) is 10.7. The van der Waals surface area contributed by atoms with Crippen molar-refractivity contribution in [2.75, 3.05) is 0 Å². The normalized spacial score (nSPS) is 11.1. The summed E-state index contributed by atoms with van der Waals surface area (Å²) in [6.07, 6.45) is 0. The molecular weight excluding hydrogens is 295 g/mol. The Hall–Kier alpha value is -2.51. The summed E-state index contributed by atoms with van der Waals surface area (Å²) in [6.45, 7) is 0. The summed E-state index contributed by atoms with van der Waals surface area (Å²) in [5.74, 6) is 0.593. The molecule has 3 aromatic rings. The molecule has 4 heteroatoms. The maximum atomic E-state index is 13.6. The Morgan fingerprint density at radius 1 is 0.682 bits per heavy atom. The van der Waals surface area contributed by atoms with E-state index >= 15 is 0 Å². The van der Waals surface area contributed by atoms with Crippen LogP contribution in [0, 0.1) is 0 Å². The Balaban J connectivity index is 2.08. The van der Waals surface area contributed by atoms with Gasteiger partial charge in [-0.2, -0.15) is 0 Å². The topological polar surface area (TPSA) is 46.5 Å². The summed E-state index contributed by atoms with van der Waals surface area (Å²) >= 11 is 0. The number of hydrogen-bond acceptors (Lipinski definition) is 3. The Labute approximate surface area is 129 Å². The number of phenols is 1. The van der Waals surface area contributed by atoms with Crippen molar-refractivity contribution in [3.05, 3.63) is 84.9 Å². The molecule has 1 N–H and O–H groups in total. The number of benzene rings is 3. The molecule has 0 spiro atoms. The van der Waals surface area contributed by atoms with Crippen LogP contribution in [0.15, 0.2) is 84.9 Å². The van der Waals surface area contributed by atoms with Crippen LogP contribution < -0.4 is 15.1 Å². The Bertz CT molecular complexity index is 740. The van der Waals surface area contributed by atoms with Crippen molar-refractivity contribution in [2.24, 2.45) is 0 Å². The van der Waals surface area contributed by atoms with Gasteiger partial charge in [-0.15, -0.1) is 0 Å². The van der Waals surface area contributed by atoms with Gasteiger partial charge in [0.05, 0.1) is 10.6 Å². The molecule has 0 heterocycles. The highest BCUT2D eigenvalue weighted by Gasteiger charge is 2.29. The molecule has 110 valence electrons. The second-order valence-corrected chi connectivity index (χ2v) is 7.13. The monoisotopic (exact) mass is 310 g/mol. The first-order valence-electron chi connectivity index (χ1n) is 6.88. The lowest BCUT2D eigenvalue weighted by atomic mass is 10.3. The van der Waals surface area contributed by atoms with Crippen LogP contribution in [0.5, 0.6) is 11.5 Å². The van der Waals surface area contributed by atoms with Crippen molar-refractivity contribution in [3.63, 3.8) is 0 Å². The molecule has 0 aliphatic rings. The molecule has 3 rings (SSSR count). The summed E-state index contributed by atoms with van der Waals surface area (Å²) < 4.78 is 19.5. The number of hydrogen-bond donors (Lipinski definition) is 1. The number of rotatable bonds is 4. The van der Waals surface area contributed by atoms with Crippen molar-refractivity contribution in [1.82, 2.24) is 0 Å². The molecule has 0 fully saturated rings. The molecule has 0 amide bonds. The van der Waals surface area contributed by atoms with Crippen molar-refractivity contribution in [1.29, 1.82) is 0 Å². The summed E-state index contributed by atoms with van der Waals surface area (Å²) in [5, 5.41) is 10.6. The molecule has 0 radical (unpaired) electrons. The van der Waals surface area contributed by atoms with Crippen molar-refractivity contribution >= 4 is 18.0 Å².